The van der Waals surface area contributed by atoms with Crippen molar-refractivity contribution >= 4 is 16.5 Å². The molecule has 66 valence electrons. The fourth-order valence-corrected chi connectivity index (χ4v) is 2.27. The molecule has 0 saturated heterocycles. The SMILES string of the molecule is Cc1nnc(NC2CCCC2)s1. The van der Waals surface area contributed by atoms with Crippen LogP contribution in [0.15, 0.2) is 0 Å². The van der Waals surface area contributed by atoms with Crippen LogP contribution in [0.25, 0.3) is 0 Å². The Kier molecular flexibility index (Phi) is 2.26. The van der Waals surface area contributed by atoms with Gasteiger partial charge in [0.05, 0.1) is 0 Å². The van der Waals surface area contributed by atoms with E-state index in [0.29, 0.717) is 6.04 Å². The average molecular weight is 183 g/mol. The van der Waals surface area contributed by atoms with E-state index in [1.807, 2.05) is 6.92 Å². The quantitative estimate of drug-likeness (QED) is 0.763. The third kappa shape index (κ3) is 1.75. The van der Waals surface area contributed by atoms with E-state index in [4.69, 9.17) is 0 Å². The highest BCUT2D eigenvalue weighted by molar-refractivity contribution is 7.15. The lowest BCUT2D eigenvalue weighted by Crippen LogP contribution is -2.13. The van der Waals surface area contributed by atoms with Crippen LogP contribution >= 0.6 is 11.3 Å². The number of anilines is 1. The van der Waals surface area contributed by atoms with Gasteiger partial charge in [-0.15, -0.1) is 10.2 Å². The van der Waals surface area contributed by atoms with Crippen LogP contribution in [0.2, 0.25) is 0 Å². The van der Waals surface area contributed by atoms with E-state index < -0.39 is 0 Å². The molecule has 0 spiro atoms. The predicted octanol–water partition coefficient (Wildman–Crippen LogP) is 2.20. The van der Waals surface area contributed by atoms with E-state index in [0.717, 1.165) is 10.1 Å². The second-order valence-electron chi connectivity index (χ2n) is 3.25. The number of aromatic nitrogens is 2. The molecule has 1 N–H and O–H groups in total. The summed E-state index contributed by atoms with van der Waals surface area (Å²) in [6, 6.07) is 0.650. The molecule has 3 nitrogen and oxygen atoms in total. The van der Waals surface area contributed by atoms with Gasteiger partial charge in [0.15, 0.2) is 0 Å². The fraction of sp³-hybridized carbons (Fsp3) is 0.750. The number of nitrogens with zero attached hydrogens (tertiary/aromatic N) is 2. The second-order valence-corrected chi connectivity index (χ2v) is 4.43. The lowest BCUT2D eigenvalue weighted by atomic mass is 10.3. The maximum absolute atomic E-state index is 4.04. The van der Waals surface area contributed by atoms with Gasteiger partial charge in [0.2, 0.25) is 5.13 Å². The predicted molar refractivity (Wildman–Crippen MR) is 50.5 cm³/mol. The van der Waals surface area contributed by atoms with Crippen LogP contribution in [-0.2, 0) is 0 Å². The first kappa shape index (κ1) is 7.98. The van der Waals surface area contributed by atoms with Crippen LogP contribution in [0, 0.1) is 6.92 Å². The summed E-state index contributed by atoms with van der Waals surface area (Å²) in [7, 11) is 0. The Morgan fingerprint density at radius 3 is 2.67 bits per heavy atom. The Hall–Kier alpha value is -0.640. The van der Waals surface area contributed by atoms with Crippen molar-refractivity contribution in [1.82, 2.24) is 10.2 Å². The first-order chi connectivity index (χ1) is 5.84. The molecule has 2 rings (SSSR count). The second kappa shape index (κ2) is 3.39. The standard InChI is InChI=1S/C8H13N3S/c1-6-10-11-8(12-6)9-7-4-2-3-5-7/h7H,2-5H2,1H3,(H,9,11). The highest BCUT2D eigenvalue weighted by Gasteiger charge is 2.15. The molecular weight excluding hydrogens is 170 g/mol. The molecule has 0 atom stereocenters. The summed E-state index contributed by atoms with van der Waals surface area (Å²) in [5.74, 6) is 0. The highest BCUT2D eigenvalue weighted by atomic mass is 32.1. The van der Waals surface area contributed by atoms with Crippen LogP contribution in [0.4, 0.5) is 5.13 Å². The summed E-state index contributed by atoms with van der Waals surface area (Å²) < 4.78 is 0. The van der Waals surface area contributed by atoms with Gasteiger partial charge in [-0.3, -0.25) is 0 Å². The average Bonchev–Trinajstić information content (AvgIpc) is 2.63. The van der Waals surface area contributed by atoms with Crippen molar-refractivity contribution in [2.45, 2.75) is 38.6 Å². The molecule has 1 aromatic heterocycles. The zero-order chi connectivity index (χ0) is 8.39. The molecule has 1 heterocycles. The topological polar surface area (TPSA) is 37.8 Å². The van der Waals surface area contributed by atoms with E-state index in [1.54, 1.807) is 11.3 Å². The molecular formula is C8H13N3S. The van der Waals surface area contributed by atoms with Crippen molar-refractivity contribution in [2.24, 2.45) is 0 Å². The Labute approximate surface area is 76.2 Å². The van der Waals surface area contributed by atoms with E-state index >= 15 is 0 Å². The van der Waals surface area contributed by atoms with Crippen LogP contribution in [-0.4, -0.2) is 16.2 Å². The van der Waals surface area contributed by atoms with Crippen molar-refractivity contribution < 1.29 is 0 Å². The molecule has 1 aliphatic rings. The van der Waals surface area contributed by atoms with Crippen molar-refractivity contribution in [3.8, 4) is 0 Å². The van der Waals surface area contributed by atoms with Crippen molar-refractivity contribution in [3.05, 3.63) is 5.01 Å². The van der Waals surface area contributed by atoms with E-state index in [-0.39, 0.29) is 0 Å². The minimum absolute atomic E-state index is 0.650. The molecule has 0 bridgehead atoms. The van der Waals surface area contributed by atoms with Crippen molar-refractivity contribution in [2.75, 3.05) is 5.32 Å². The van der Waals surface area contributed by atoms with E-state index in [1.165, 1.54) is 25.7 Å². The summed E-state index contributed by atoms with van der Waals surface area (Å²) in [5, 5.41) is 13.4. The monoisotopic (exact) mass is 183 g/mol. The fourth-order valence-electron chi connectivity index (χ4n) is 1.60. The Bertz CT molecular complexity index is 253. The molecule has 1 saturated carbocycles. The van der Waals surface area contributed by atoms with Gasteiger partial charge < -0.3 is 5.32 Å². The first-order valence-electron chi connectivity index (χ1n) is 4.41. The number of hydrogen-bond donors (Lipinski definition) is 1. The maximum Gasteiger partial charge on any atom is 0.205 e. The molecule has 0 unspecified atom stereocenters. The minimum atomic E-state index is 0.650. The zero-order valence-electron chi connectivity index (χ0n) is 7.21. The lowest BCUT2D eigenvalue weighted by Gasteiger charge is -2.08. The molecule has 12 heavy (non-hydrogen) atoms. The Morgan fingerprint density at radius 2 is 2.08 bits per heavy atom. The van der Waals surface area contributed by atoms with Crippen LogP contribution in [0.3, 0.4) is 0 Å². The van der Waals surface area contributed by atoms with Crippen molar-refractivity contribution in [1.29, 1.82) is 0 Å². The smallest absolute Gasteiger partial charge is 0.205 e. The van der Waals surface area contributed by atoms with Crippen LogP contribution in [0.1, 0.15) is 30.7 Å². The normalized spacial score (nSPS) is 18.4. The van der Waals surface area contributed by atoms with E-state index in [2.05, 4.69) is 15.5 Å². The van der Waals surface area contributed by atoms with Gasteiger partial charge in [-0.05, 0) is 19.8 Å². The Morgan fingerprint density at radius 1 is 1.33 bits per heavy atom. The lowest BCUT2D eigenvalue weighted by molar-refractivity contribution is 0.751. The Balaban J connectivity index is 1.94. The summed E-state index contributed by atoms with van der Waals surface area (Å²) >= 11 is 1.64. The van der Waals surface area contributed by atoms with Gasteiger partial charge in [0.25, 0.3) is 0 Å². The summed E-state index contributed by atoms with van der Waals surface area (Å²) in [6.45, 7) is 1.98. The molecule has 0 aliphatic heterocycles. The third-order valence-electron chi connectivity index (χ3n) is 2.21. The highest BCUT2D eigenvalue weighted by Crippen LogP contribution is 2.23. The molecule has 1 aromatic rings. The number of aryl methyl sites for hydroxylation is 1. The van der Waals surface area contributed by atoms with Crippen LogP contribution in [0.5, 0.6) is 0 Å². The molecule has 1 aliphatic carbocycles. The maximum atomic E-state index is 4.04. The summed E-state index contributed by atoms with van der Waals surface area (Å²) in [4.78, 5) is 0. The number of rotatable bonds is 2. The zero-order valence-corrected chi connectivity index (χ0v) is 8.02. The third-order valence-corrected chi connectivity index (χ3v) is 2.98. The number of nitrogens with one attached hydrogen (secondary N) is 1. The summed E-state index contributed by atoms with van der Waals surface area (Å²) in [5.41, 5.74) is 0. The van der Waals surface area contributed by atoms with Gasteiger partial charge in [-0.1, -0.05) is 24.2 Å². The van der Waals surface area contributed by atoms with E-state index in [9.17, 15) is 0 Å². The molecule has 4 heteroatoms. The van der Waals surface area contributed by atoms with Gasteiger partial charge in [0, 0.05) is 6.04 Å². The molecule has 0 amide bonds. The van der Waals surface area contributed by atoms with Gasteiger partial charge >= 0.3 is 0 Å². The van der Waals surface area contributed by atoms with Crippen molar-refractivity contribution in [3.63, 3.8) is 0 Å². The largest absolute Gasteiger partial charge is 0.357 e. The molecule has 0 radical (unpaired) electrons. The number of hydrogen-bond acceptors (Lipinski definition) is 4. The summed E-state index contributed by atoms with van der Waals surface area (Å²) in [6.07, 6.45) is 5.29. The first-order valence-corrected chi connectivity index (χ1v) is 5.23. The molecule has 0 aromatic carbocycles. The van der Waals surface area contributed by atoms with Gasteiger partial charge in [-0.2, -0.15) is 0 Å². The minimum Gasteiger partial charge on any atom is -0.357 e. The van der Waals surface area contributed by atoms with Gasteiger partial charge in [0.1, 0.15) is 5.01 Å². The van der Waals surface area contributed by atoms with Crippen LogP contribution < -0.4 is 5.32 Å². The van der Waals surface area contributed by atoms with Gasteiger partial charge in [-0.25, -0.2) is 0 Å². The molecule has 1 fully saturated rings.